The van der Waals surface area contributed by atoms with Crippen molar-refractivity contribution in [2.45, 2.75) is 13.0 Å². The maximum Gasteiger partial charge on any atom is 0.137 e. The number of aromatic nitrogens is 3. The molecule has 0 aromatic carbocycles. The molecule has 0 aliphatic rings. The first kappa shape index (κ1) is 11.0. The molecule has 1 N–H and O–H groups in total. The van der Waals surface area contributed by atoms with E-state index in [2.05, 4.69) is 14.6 Å². The predicted molar refractivity (Wildman–Crippen MR) is 59.4 cm³/mol. The van der Waals surface area contributed by atoms with Gasteiger partial charge in [-0.05, 0) is 24.5 Å². The molecule has 0 spiro atoms. The van der Waals surface area contributed by atoms with E-state index in [-0.39, 0.29) is 0 Å². The normalized spacial score (nSPS) is 12.4. The topological polar surface area (TPSA) is 68.1 Å². The molecule has 0 radical (unpaired) electrons. The van der Waals surface area contributed by atoms with Gasteiger partial charge < -0.3 is 9.84 Å². The van der Waals surface area contributed by atoms with Crippen LogP contribution in [0.4, 0.5) is 0 Å². The lowest BCUT2D eigenvalue weighted by Crippen LogP contribution is -2.02. The smallest absolute Gasteiger partial charge is 0.137 e. The molecule has 1 atom stereocenters. The first-order chi connectivity index (χ1) is 7.81. The van der Waals surface area contributed by atoms with Crippen LogP contribution in [0.1, 0.15) is 24.3 Å². The number of pyridine rings is 1. The summed E-state index contributed by atoms with van der Waals surface area (Å²) in [6.07, 6.45) is 2.40. The first-order valence-electron chi connectivity index (χ1n) is 4.84. The highest BCUT2D eigenvalue weighted by Crippen LogP contribution is 2.23. The van der Waals surface area contributed by atoms with Crippen LogP contribution in [0, 0.1) is 0 Å². The molecule has 2 aromatic rings. The third-order valence-corrected chi connectivity index (χ3v) is 2.54. The van der Waals surface area contributed by atoms with Gasteiger partial charge in [0.15, 0.2) is 0 Å². The molecule has 2 rings (SSSR count). The molecule has 0 saturated heterocycles. The van der Waals surface area contributed by atoms with Crippen LogP contribution in [0.2, 0.25) is 0 Å². The molecule has 0 aliphatic carbocycles. The third kappa shape index (κ3) is 2.34. The van der Waals surface area contributed by atoms with E-state index in [4.69, 9.17) is 4.74 Å². The summed E-state index contributed by atoms with van der Waals surface area (Å²) in [5, 5.41) is 15.5. The van der Waals surface area contributed by atoms with Gasteiger partial charge in [0, 0.05) is 17.1 Å². The van der Waals surface area contributed by atoms with Crippen molar-refractivity contribution in [2.75, 3.05) is 6.61 Å². The summed E-state index contributed by atoms with van der Waals surface area (Å²) in [4.78, 5) is 4.00. The molecular formula is C10H11N3O2S. The van der Waals surface area contributed by atoms with E-state index in [0.29, 0.717) is 23.6 Å². The van der Waals surface area contributed by atoms with Crippen LogP contribution < -0.4 is 4.74 Å². The van der Waals surface area contributed by atoms with E-state index in [1.807, 2.05) is 6.92 Å². The van der Waals surface area contributed by atoms with Crippen molar-refractivity contribution in [3.63, 3.8) is 0 Å². The number of ether oxygens (including phenoxy) is 1. The molecule has 0 amide bonds. The SMILES string of the molecule is CCOc1cncc(C(O)c2csnn2)c1. The molecule has 0 saturated carbocycles. The second kappa shape index (κ2) is 5.00. The molecule has 84 valence electrons. The summed E-state index contributed by atoms with van der Waals surface area (Å²) in [7, 11) is 0. The van der Waals surface area contributed by atoms with E-state index < -0.39 is 6.10 Å². The fourth-order valence-corrected chi connectivity index (χ4v) is 1.77. The predicted octanol–water partition coefficient (Wildman–Crippen LogP) is 1.41. The van der Waals surface area contributed by atoms with Gasteiger partial charge in [0.05, 0.1) is 12.8 Å². The summed E-state index contributed by atoms with van der Waals surface area (Å²) in [5.41, 5.74) is 1.18. The van der Waals surface area contributed by atoms with Crippen LogP contribution in [0.5, 0.6) is 5.75 Å². The molecule has 0 fully saturated rings. The van der Waals surface area contributed by atoms with Crippen LogP contribution >= 0.6 is 11.5 Å². The minimum Gasteiger partial charge on any atom is -0.492 e. The van der Waals surface area contributed by atoms with Gasteiger partial charge in [-0.25, -0.2) is 0 Å². The van der Waals surface area contributed by atoms with Crippen LogP contribution in [0.25, 0.3) is 0 Å². The lowest BCUT2D eigenvalue weighted by atomic mass is 10.1. The van der Waals surface area contributed by atoms with E-state index in [1.54, 1.807) is 23.8 Å². The quantitative estimate of drug-likeness (QED) is 0.870. The number of hydrogen-bond donors (Lipinski definition) is 1. The zero-order valence-electron chi connectivity index (χ0n) is 8.70. The number of hydrogen-bond acceptors (Lipinski definition) is 6. The minimum atomic E-state index is -0.799. The summed E-state index contributed by atoms with van der Waals surface area (Å²) < 4.78 is 9.01. The molecule has 2 heterocycles. The Hall–Kier alpha value is -1.53. The maximum absolute atomic E-state index is 9.98. The highest BCUT2D eigenvalue weighted by Gasteiger charge is 2.14. The Morgan fingerprint density at radius 1 is 1.50 bits per heavy atom. The van der Waals surface area contributed by atoms with Gasteiger partial charge in [0.25, 0.3) is 0 Å². The Morgan fingerprint density at radius 3 is 3.06 bits per heavy atom. The van der Waals surface area contributed by atoms with Gasteiger partial charge >= 0.3 is 0 Å². The second-order valence-electron chi connectivity index (χ2n) is 3.12. The van der Waals surface area contributed by atoms with E-state index >= 15 is 0 Å². The van der Waals surface area contributed by atoms with Gasteiger partial charge in [-0.2, -0.15) is 0 Å². The van der Waals surface area contributed by atoms with Crippen molar-refractivity contribution in [1.82, 2.24) is 14.6 Å². The van der Waals surface area contributed by atoms with Crippen LogP contribution in [0.3, 0.4) is 0 Å². The van der Waals surface area contributed by atoms with Crippen LogP contribution in [-0.4, -0.2) is 26.3 Å². The van der Waals surface area contributed by atoms with E-state index in [1.165, 1.54) is 11.5 Å². The number of nitrogens with zero attached hydrogens (tertiary/aromatic N) is 3. The van der Waals surface area contributed by atoms with Gasteiger partial charge in [0.2, 0.25) is 0 Å². The molecule has 1 unspecified atom stereocenters. The molecule has 2 aromatic heterocycles. The van der Waals surface area contributed by atoms with Crippen LogP contribution in [0.15, 0.2) is 23.8 Å². The highest BCUT2D eigenvalue weighted by atomic mass is 32.1. The Kier molecular flexibility index (Phi) is 3.43. The van der Waals surface area contributed by atoms with Crippen LogP contribution in [-0.2, 0) is 0 Å². The fraction of sp³-hybridized carbons (Fsp3) is 0.300. The molecular weight excluding hydrogens is 226 g/mol. The zero-order chi connectivity index (χ0) is 11.4. The third-order valence-electron chi connectivity index (χ3n) is 2.02. The first-order valence-corrected chi connectivity index (χ1v) is 5.67. The van der Waals surface area contributed by atoms with Crippen molar-refractivity contribution in [2.24, 2.45) is 0 Å². The monoisotopic (exact) mass is 237 g/mol. The Balaban J connectivity index is 2.23. The summed E-state index contributed by atoms with van der Waals surface area (Å²) in [6, 6.07) is 1.75. The van der Waals surface area contributed by atoms with Crippen molar-refractivity contribution in [3.8, 4) is 5.75 Å². The number of aliphatic hydroxyl groups excluding tert-OH is 1. The maximum atomic E-state index is 9.98. The van der Waals surface area contributed by atoms with E-state index in [9.17, 15) is 5.11 Å². The van der Waals surface area contributed by atoms with Gasteiger partial charge in [-0.3, -0.25) is 4.98 Å². The molecule has 5 nitrogen and oxygen atoms in total. The summed E-state index contributed by atoms with van der Waals surface area (Å²) in [6.45, 7) is 2.47. The molecule has 0 aliphatic heterocycles. The van der Waals surface area contributed by atoms with Gasteiger partial charge in [-0.15, -0.1) is 5.10 Å². The van der Waals surface area contributed by atoms with Crippen molar-refractivity contribution >= 4 is 11.5 Å². The average molecular weight is 237 g/mol. The minimum absolute atomic E-state index is 0.528. The zero-order valence-corrected chi connectivity index (χ0v) is 9.52. The number of rotatable bonds is 4. The summed E-state index contributed by atoms with van der Waals surface area (Å²) >= 11 is 1.20. The van der Waals surface area contributed by atoms with E-state index in [0.717, 1.165) is 0 Å². The Morgan fingerprint density at radius 2 is 2.38 bits per heavy atom. The second-order valence-corrected chi connectivity index (χ2v) is 3.73. The Bertz CT molecular complexity index is 447. The van der Waals surface area contributed by atoms with Gasteiger partial charge in [0.1, 0.15) is 17.5 Å². The Labute approximate surface area is 96.9 Å². The largest absolute Gasteiger partial charge is 0.492 e. The number of aliphatic hydroxyl groups is 1. The molecule has 0 bridgehead atoms. The van der Waals surface area contributed by atoms with Crippen molar-refractivity contribution in [3.05, 3.63) is 35.1 Å². The lowest BCUT2D eigenvalue weighted by Gasteiger charge is -2.09. The summed E-state index contributed by atoms with van der Waals surface area (Å²) in [5.74, 6) is 0.641. The molecule has 16 heavy (non-hydrogen) atoms. The fourth-order valence-electron chi connectivity index (χ4n) is 1.29. The van der Waals surface area contributed by atoms with Crippen molar-refractivity contribution < 1.29 is 9.84 Å². The standard InChI is InChI=1S/C10H11N3O2S/c1-2-15-8-3-7(4-11-5-8)10(14)9-6-16-13-12-9/h3-6,10,14H,2H2,1H3. The average Bonchev–Trinajstić information content (AvgIpc) is 2.82. The van der Waals surface area contributed by atoms with Crippen molar-refractivity contribution in [1.29, 1.82) is 0 Å². The van der Waals surface area contributed by atoms with Gasteiger partial charge in [-0.1, -0.05) is 4.49 Å². The highest BCUT2D eigenvalue weighted by molar-refractivity contribution is 7.03. The lowest BCUT2D eigenvalue weighted by molar-refractivity contribution is 0.214. The molecule has 6 heteroatoms.